The van der Waals surface area contributed by atoms with Crippen LogP contribution in [0.15, 0.2) is 24.3 Å². The highest BCUT2D eigenvalue weighted by atomic mass is 16.5. The van der Waals surface area contributed by atoms with Crippen molar-refractivity contribution in [3.63, 3.8) is 0 Å². The first-order valence-electron chi connectivity index (χ1n) is 12.6. The number of alkyl carbamates (subject to hydrolysis) is 1. The minimum atomic E-state index is -0.930. The standard InChI is InChI=1S/C27H37N3O7/c1-27(2,3)22(23(31)30-14-9-13-21(30)24(32)36-4)28-25(33)37-15-7-5-6-10-18-11-8-12-19-16-29(26(34)35)17-20(18)19/h6,8,10-12,21-22H,5,7,9,13-17H2,1-4H3,(H,28,33)(H,34,35)/b10-6+/t21?,22-/m1/s1. The average molecular weight is 516 g/mol. The zero-order valence-corrected chi connectivity index (χ0v) is 22.0. The van der Waals surface area contributed by atoms with E-state index in [1.807, 2.05) is 51.1 Å². The number of ether oxygens (including phenoxy) is 2. The van der Waals surface area contributed by atoms with Crippen molar-refractivity contribution in [3.8, 4) is 0 Å². The topological polar surface area (TPSA) is 125 Å². The second-order valence-electron chi connectivity index (χ2n) is 10.5. The molecule has 0 bridgehead atoms. The molecule has 1 aromatic carbocycles. The van der Waals surface area contributed by atoms with Crippen LogP contribution >= 0.6 is 0 Å². The summed E-state index contributed by atoms with van der Waals surface area (Å²) >= 11 is 0. The number of amides is 3. The lowest BCUT2D eigenvalue weighted by Gasteiger charge is -2.34. The SMILES string of the molecule is COC(=O)C1CCCN1C(=O)[C@@H](NC(=O)OCCC/C=C/c1cccc2c1CN(C(=O)O)C2)C(C)(C)C. The van der Waals surface area contributed by atoms with E-state index in [0.717, 1.165) is 16.7 Å². The number of fused-ring (bicyclic) bond motifs is 1. The highest BCUT2D eigenvalue weighted by Crippen LogP contribution is 2.28. The Bertz CT molecular complexity index is 1050. The largest absolute Gasteiger partial charge is 0.467 e. The van der Waals surface area contributed by atoms with E-state index in [1.54, 1.807) is 0 Å². The van der Waals surface area contributed by atoms with Crippen LogP contribution in [-0.2, 0) is 32.2 Å². The summed E-state index contributed by atoms with van der Waals surface area (Å²) in [6.07, 6.45) is 4.82. The van der Waals surface area contributed by atoms with E-state index in [9.17, 15) is 24.3 Å². The molecule has 0 radical (unpaired) electrons. The third kappa shape index (κ3) is 7.02. The van der Waals surface area contributed by atoms with Crippen LogP contribution in [-0.4, -0.2) is 71.3 Å². The van der Waals surface area contributed by atoms with E-state index in [-0.39, 0.29) is 12.5 Å². The zero-order chi connectivity index (χ0) is 27.2. The summed E-state index contributed by atoms with van der Waals surface area (Å²) in [6, 6.07) is 4.33. The number of carbonyl (C=O) groups is 4. The molecule has 2 aliphatic heterocycles. The Morgan fingerprint density at radius 3 is 2.65 bits per heavy atom. The highest BCUT2D eigenvalue weighted by Gasteiger charge is 2.42. The van der Waals surface area contributed by atoms with Crippen molar-refractivity contribution in [1.82, 2.24) is 15.1 Å². The number of allylic oxidation sites excluding steroid dienone is 1. The molecule has 2 aliphatic rings. The number of nitrogens with one attached hydrogen (secondary N) is 1. The van der Waals surface area contributed by atoms with Crippen molar-refractivity contribution in [1.29, 1.82) is 0 Å². The first kappa shape index (κ1) is 28.0. The first-order valence-corrected chi connectivity index (χ1v) is 12.6. The Hall–Kier alpha value is -3.56. The molecule has 1 unspecified atom stereocenters. The fraction of sp³-hybridized carbons (Fsp3) is 0.556. The summed E-state index contributed by atoms with van der Waals surface area (Å²) in [4.78, 5) is 52.0. The molecule has 1 fully saturated rings. The van der Waals surface area contributed by atoms with Crippen molar-refractivity contribution in [3.05, 3.63) is 41.0 Å². The molecule has 10 heteroatoms. The molecule has 0 spiro atoms. The number of nitrogens with zero attached hydrogens (tertiary/aromatic N) is 2. The number of carboxylic acid groups (broad SMARTS) is 1. The Morgan fingerprint density at radius 2 is 1.97 bits per heavy atom. The van der Waals surface area contributed by atoms with Gasteiger partial charge < -0.3 is 24.8 Å². The van der Waals surface area contributed by atoms with Crippen molar-refractivity contribution < 1.29 is 33.8 Å². The predicted octanol–water partition coefficient (Wildman–Crippen LogP) is 3.78. The fourth-order valence-electron chi connectivity index (χ4n) is 4.70. The van der Waals surface area contributed by atoms with E-state index in [2.05, 4.69) is 5.32 Å². The Morgan fingerprint density at radius 1 is 1.22 bits per heavy atom. The van der Waals surface area contributed by atoms with E-state index >= 15 is 0 Å². The van der Waals surface area contributed by atoms with Crippen molar-refractivity contribution in [2.75, 3.05) is 20.3 Å². The van der Waals surface area contributed by atoms with Crippen LogP contribution in [0, 0.1) is 5.41 Å². The van der Waals surface area contributed by atoms with Gasteiger partial charge in [-0.1, -0.05) is 51.1 Å². The molecule has 2 atom stereocenters. The van der Waals surface area contributed by atoms with E-state index in [4.69, 9.17) is 9.47 Å². The summed E-state index contributed by atoms with van der Waals surface area (Å²) in [7, 11) is 1.30. The predicted molar refractivity (Wildman–Crippen MR) is 136 cm³/mol. The molecule has 3 rings (SSSR count). The second-order valence-corrected chi connectivity index (χ2v) is 10.5. The molecule has 0 aliphatic carbocycles. The summed E-state index contributed by atoms with van der Waals surface area (Å²) in [5.41, 5.74) is 2.42. The number of methoxy groups -OCH3 is 1. The van der Waals surface area contributed by atoms with Crippen molar-refractivity contribution in [2.24, 2.45) is 5.41 Å². The normalized spacial score (nSPS) is 18.0. The molecular weight excluding hydrogens is 478 g/mol. The maximum absolute atomic E-state index is 13.2. The smallest absolute Gasteiger partial charge is 0.407 e. The summed E-state index contributed by atoms with van der Waals surface area (Å²) < 4.78 is 10.2. The van der Waals surface area contributed by atoms with Crippen molar-refractivity contribution in [2.45, 2.75) is 71.6 Å². The van der Waals surface area contributed by atoms with Crippen LogP contribution in [0.3, 0.4) is 0 Å². The van der Waals surface area contributed by atoms with Crippen LogP contribution in [0.25, 0.3) is 6.08 Å². The Labute approximate surface area is 217 Å². The zero-order valence-electron chi connectivity index (χ0n) is 22.0. The van der Waals surface area contributed by atoms with Crippen LogP contribution in [0.2, 0.25) is 0 Å². The number of rotatable bonds is 8. The maximum atomic E-state index is 13.2. The van der Waals surface area contributed by atoms with Gasteiger partial charge in [0.15, 0.2) is 0 Å². The molecule has 1 aromatic rings. The van der Waals surface area contributed by atoms with Gasteiger partial charge in [0.2, 0.25) is 5.91 Å². The molecular formula is C27H37N3O7. The van der Waals surface area contributed by atoms with Gasteiger partial charge in [-0.2, -0.15) is 0 Å². The van der Waals surface area contributed by atoms with Crippen LogP contribution in [0.4, 0.5) is 9.59 Å². The van der Waals surface area contributed by atoms with Crippen LogP contribution < -0.4 is 5.32 Å². The van der Waals surface area contributed by atoms with Gasteiger partial charge in [-0.25, -0.2) is 14.4 Å². The quantitative estimate of drug-likeness (QED) is 0.399. The lowest BCUT2D eigenvalue weighted by Crippen LogP contribution is -2.56. The maximum Gasteiger partial charge on any atom is 0.407 e. The van der Waals surface area contributed by atoms with Gasteiger partial charge in [0.25, 0.3) is 0 Å². The van der Waals surface area contributed by atoms with Gasteiger partial charge in [0.1, 0.15) is 12.1 Å². The summed E-state index contributed by atoms with van der Waals surface area (Å²) in [6.45, 7) is 6.93. The lowest BCUT2D eigenvalue weighted by molar-refractivity contribution is -0.152. The molecule has 2 heterocycles. The lowest BCUT2D eigenvalue weighted by atomic mass is 9.85. The van der Waals surface area contributed by atoms with Gasteiger partial charge in [-0.15, -0.1) is 0 Å². The van der Waals surface area contributed by atoms with Gasteiger partial charge in [-0.3, -0.25) is 9.69 Å². The number of hydrogen-bond acceptors (Lipinski definition) is 6. The van der Waals surface area contributed by atoms with Gasteiger partial charge >= 0.3 is 18.2 Å². The number of unbranched alkanes of at least 4 members (excludes halogenated alkanes) is 1. The molecule has 202 valence electrons. The summed E-state index contributed by atoms with van der Waals surface area (Å²) in [5, 5.41) is 11.9. The third-order valence-electron chi connectivity index (χ3n) is 6.72. The minimum absolute atomic E-state index is 0.176. The van der Waals surface area contributed by atoms with E-state index in [1.165, 1.54) is 16.9 Å². The molecule has 0 saturated carbocycles. The summed E-state index contributed by atoms with van der Waals surface area (Å²) in [5.74, 6) is -0.772. The van der Waals surface area contributed by atoms with Crippen molar-refractivity contribution >= 4 is 30.1 Å². The second kappa shape index (κ2) is 12.1. The number of hydrogen-bond donors (Lipinski definition) is 2. The number of benzene rings is 1. The average Bonchev–Trinajstić information content (AvgIpc) is 3.51. The van der Waals surface area contributed by atoms with Crippen LogP contribution in [0.5, 0.6) is 0 Å². The third-order valence-corrected chi connectivity index (χ3v) is 6.72. The number of esters is 1. The fourth-order valence-corrected chi connectivity index (χ4v) is 4.70. The van der Waals surface area contributed by atoms with Gasteiger partial charge in [0.05, 0.1) is 20.3 Å². The molecule has 3 amide bonds. The van der Waals surface area contributed by atoms with E-state index in [0.29, 0.717) is 45.3 Å². The highest BCUT2D eigenvalue weighted by molar-refractivity contribution is 5.90. The molecule has 37 heavy (non-hydrogen) atoms. The Balaban J connectivity index is 1.48. The molecule has 2 N–H and O–H groups in total. The Kier molecular flexibility index (Phi) is 9.18. The molecule has 10 nitrogen and oxygen atoms in total. The van der Waals surface area contributed by atoms with E-state index < -0.39 is 35.7 Å². The number of likely N-dealkylation sites (tertiary alicyclic amines) is 1. The monoisotopic (exact) mass is 515 g/mol. The molecule has 0 aromatic heterocycles. The minimum Gasteiger partial charge on any atom is -0.467 e. The van der Waals surface area contributed by atoms with Crippen LogP contribution in [0.1, 0.15) is 63.1 Å². The molecule has 1 saturated heterocycles. The number of carbonyl (C=O) groups excluding carboxylic acids is 3. The first-order chi connectivity index (χ1) is 17.5. The van der Waals surface area contributed by atoms with Gasteiger partial charge in [-0.05, 0) is 47.8 Å². The van der Waals surface area contributed by atoms with Gasteiger partial charge in [0, 0.05) is 13.1 Å².